The van der Waals surface area contributed by atoms with Crippen molar-refractivity contribution in [3.8, 4) is 0 Å². The van der Waals surface area contributed by atoms with Gasteiger partial charge in [0, 0.05) is 32.6 Å². The Bertz CT molecular complexity index is 843. The summed E-state index contributed by atoms with van der Waals surface area (Å²) in [6.45, 7) is 1.87. The molecule has 0 N–H and O–H groups in total. The number of hydrogen-bond donors (Lipinski definition) is 0. The molecule has 0 aromatic heterocycles. The van der Waals surface area contributed by atoms with Gasteiger partial charge < -0.3 is 9.80 Å². The molecule has 0 saturated carbocycles. The lowest BCUT2D eigenvalue weighted by molar-refractivity contribution is -0.139. The molecule has 1 aliphatic heterocycles. The van der Waals surface area contributed by atoms with Crippen molar-refractivity contribution in [2.45, 2.75) is 31.9 Å². The van der Waals surface area contributed by atoms with Crippen LogP contribution in [0.25, 0.3) is 0 Å². The van der Waals surface area contributed by atoms with Gasteiger partial charge in [0.15, 0.2) is 0 Å². The van der Waals surface area contributed by atoms with Crippen LogP contribution >= 0.6 is 0 Å². The van der Waals surface area contributed by atoms with Crippen molar-refractivity contribution in [2.24, 2.45) is 0 Å². The SMILES string of the molecule is O=C(CCCc1ccccc1)N1CCN(C(=O)Cc2ccc(C(F)(F)F)cc2)CC1. The van der Waals surface area contributed by atoms with Crippen LogP contribution in [0.1, 0.15) is 29.5 Å². The molecule has 2 aromatic carbocycles. The largest absolute Gasteiger partial charge is 0.416 e. The number of hydrogen-bond acceptors (Lipinski definition) is 2. The number of aryl methyl sites for hydroxylation is 1. The van der Waals surface area contributed by atoms with Gasteiger partial charge in [-0.1, -0.05) is 42.5 Å². The van der Waals surface area contributed by atoms with Crippen LogP contribution in [-0.2, 0) is 28.6 Å². The number of carbonyl (C=O) groups is 2. The lowest BCUT2D eigenvalue weighted by atomic mass is 10.1. The molecule has 0 unspecified atom stereocenters. The summed E-state index contributed by atoms with van der Waals surface area (Å²) in [5.41, 5.74) is 1.04. The van der Waals surface area contributed by atoms with Crippen molar-refractivity contribution in [1.29, 1.82) is 0 Å². The molecule has 0 atom stereocenters. The van der Waals surface area contributed by atoms with Crippen LogP contribution in [0, 0.1) is 0 Å². The topological polar surface area (TPSA) is 40.6 Å². The molecule has 2 aromatic rings. The first-order chi connectivity index (χ1) is 14.3. The summed E-state index contributed by atoms with van der Waals surface area (Å²) in [6, 6.07) is 14.7. The van der Waals surface area contributed by atoms with Crippen molar-refractivity contribution in [1.82, 2.24) is 9.80 Å². The number of benzene rings is 2. The summed E-state index contributed by atoms with van der Waals surface area (Å²) in [7, 11) is 0. The standard InChI is InChI=1S/C23H25F3N2O2/c24-23(25,26)20-11-9-19(10-12-20)17-22(30)28-15-13-27(14-16-28)21(29)8-4-7-18-5-2-1-3-6-18/h1-3,5-6,9-12H,4,7-8,13-17H2. The average molecular weight is 418 g/mol. The number of carbonyl (C=O) groups excluding carboxylic acids is 2. The first kappa shape index (κ1) is 21.9. The average Bonchev–Trinajstić information content (AvgIpc) is 2.74. The molecular formula is C23H25F3N2O2. The van der Waals surface area contributed by atoms with Gasteiger partial charge in [0.2, 0.25) is 11.8 Å². The van der Waals surface area contributed by atoms with E-state index < -0.39 is 11.7 Å². The van der Waals surface area contributed by atoms with E-state index in [0.29, 0.717) is 38.2 Å². The molecule has 3 rings (SSSR count). The van der Waals surface area contributed by atoms with E-state index in [9.17, 15) is 22.8 Å². The number of nitrogens with zero attached hydrogens (tertiary/aromatic N) is 2. The fourth-order valence-electron chi connectivity index (χ4n) is 3.55. The predicted molar refractivity (Wildman–Crippen MR) is 108 cm³/mol. The van der Waals surface area contributed by atoms with Gasteiger partial charge >= 0.3 is 6.18 Å². The van der Waals surface area contributed by atoms with E-state index in [4.69, 9.17) is 0 Å². The maximum absolute atomic E-state index is 12.6. The highest BCUT2D eigenvalue weighted by molar-refractivity contribution is 5.80. The Morgan fingerprint density at radius 1 is 0.767 bits per heavy atom. The van der Waals surface area contributed by atoms with E-state index in [1.807, 2.05) is 30.3 Å². The molecule has 1 fully saturated rings. The lowest BCUT2D eigenvalue weighted by Crippen LogP contribution is -2.51. The fourth-order valence-corrected chi connectivity index (χ4v) is 3.55. The zero-order valence-corrected chi connectivity index (χ0v) is 16.7. The Labute approximate surface area is 174 Å². The lowest BCUT2D eigenvalue weighted by Gasteiger charge is -2.35. The predicted octanol–water partition coefficient (Wildman–Crippen LogP) is 3.94. The Hall–Kier alpha value is -2.83. The monoisotopic (exact) mass is 418 g/mol. The zero-order chi connectivity index (χ0) is 21.6. The highest BCUT2D eigenvalue weighted by Gasteiger charge is 2.30. The Kier molecular flexibility index (Phi) is 7.13. The van der Waals surface area contributed by atoms with E-state index in [2.05, 4.69) is 0 Å². The minimum Gasteiger partial charge on any atom is -0.339 e. The van der Waals surface area contributed by atoms with Crippen LogP contribution in [0.5, 0.6) is 0 Å². The summed E-state index contributed by atoms with van der Waals surface area (Å²) in [5.74, 6) is -0.0355. The van der Waals surface area contributed by atoms with E-state index in [-0.39, 0.29) is 18.2 Å². The van der Waals surface area contributed by atoms with Crippen LogP contribution in [0.3, 0.4) is 0 Å². The normalized spacial score (nSPS) is 14.6. The summed E-state index contributed by atoms with van der Waals surface area (Å²) in [4.78, 5) is 28.3. The molecule has 0 radical (unpaired) electrons. The maximum Gasteiger partial charge on any atom is 0.416 e. The second-order valence-corrected chi connectivity index (χ2v) is 7.47. The molecule has 160 valence electrons. The highest BCUT2D eigenvalue weighted by atomic mass is 19.4. The first-order valence-corrected chi connectivity index (χ1v) is 10.1. The second kappa shape index (κ2) is 9.78. The molecule has 0 bridgehead atoms. The Morgan fingerprint density at radius 3 is 1.90 bits per heavy atom. The Balaban J connectivity index is 1.41. The van der Waals surface area contributed by atoms with Gasteiger partial charge in [-0.3, -0.25) is 9.59 Å². The van der Waals surface area contributed by atoms with E-state index in [1.54, 1.807) is 9.80 Å². The fraction of sp³-hybridized carbons (Fsp3) is 0.391. The minimum absolute atomic E-state index is 0.0587. The number of amides is 2. The van der Waals surface area contributed by atoms with Crippen LogP contribution < -0.4 is 0 Å². The molecule has 1 aliphatic rings. The number of alkyl halides is 3. The molecule has 7 heteroatoms. The molecule has 0 aliphatic carbocycles. The second-order valence-electron chi connectivity index (χ2n) is 7.47. The summed E-state index contributed by atoms with van der Waals surface area (Å²) in [6.07, 6.45) is -2.20. The molecule has 1 heterocycles. The maximum atomic E-state index is 12.6. The summed E-state index contributed by atoms with van der Waals surface area (Å²) >= 11 is 0. The van der Waals surface area contributed by atoms with E-state index in [1.165, 1.54) is 17.7 Å². The van der Waals surface area contributed by atoms with Crippen LogP contribution in [0.2, 0.25) is 0 Å². The molecule has 4 nitrogen and oxygen atoms in total. The van der Waals surface area contributed by atoms with Gasteiger partial charge in [0.25, 0.3) is 0 Å². The van der Waals surface area contributed by atoms with Gasteiger partial charge in [-0.25, -0.2) is 0 Å². The van der Waals surface area contributed by atoms with Gasteiger partial charge in [0.05, 0.1) is 12.0 Å². The molecule has 1 saturated heterocycles. The Morgan fingerprint density at radius 2 is 1.33 bits per heavy atom. The third-order valence-corrected chi connectivity index (χ3v) is 5.32. The van der Waals surface area contributed by atoms with Gasteiger partial charge in [-0.05, 0) is 36.1 Å². The molecular weight excluding hydrogens is 393 g/mol. The van der Waals surface area contributed by atoms with Crippen LogP contribution in [0.4, 0.5) is 13.2 Å². The highest BCUT2D eigenvalue weighted by Crippen LogP contribution is 2.29. The minimum atomic E-state index is -4.38. The van der Waals surface area contributed by atoms with Crippen LogP contribution in [-0.4, -0.2) is 47.8 Å². The van der Waals surface area contributed by atoms with E-state index >= 15 is 0 Å². The summed E-state index contributed by atoms with van der Waals surface area (Å²) in [5, 5.41) is 0. The third kappa shape index (κ3) is 6.08. The van der Waals surface area contributed by atoms with Gasteiger partial charge in [-0.15, -0.1) is 0 Å². The number of piperazine rings is 1. The van der Waals surface area contributed by atoms with Crippen molar-refractivity contribution in [2.75, 3.05) is 26.2 Å². The van der Waals surface area contributed by atoms with Crippen molar-refractivity contribution in [3.05, 3.63) is 71.3 Å². The van der Waals surface area contributed by atoms with Crippen molar-refractivity contribution < 1.29 is 22.8 Å². The van der Waals surface area contributed by atoms with Crippen molar-refractivity contribution >= 4 is 11.8 Å². The molecule has 0 spiro atoms. The smallest absolute Gasteiger partial charge is 0.339 e. The van der Waals surface area contributed by atoms with Gasteiger partial charge in [0.1, 0.15) is 0 Å². The van der Waals surface area contributed by atoms with E-state index in [0.717, 1.165) is 25.0 Å². The zero-order valence-electron chi connectivity index (χ0n) is 16.7. The van der Waals surface area contributed by atoms with Crippen LogP contribution in [0.15, 0.2) is 54.6 Å². The van der Waals surface area contributed by atoms with Crippen molar-refractivity contribution in [3.63, 3.8) is 0 Å². The van der Waals surface area contributed by atoms with Gasteiger partial charge in [-0.2, -0.15) is 13.2 Å². The third-order valence-electron chi connectivity index (χ3n) is 5.32. The molecule has 30 heavy (non-hydrogen) atoms. The number of halogens is 3. The number of rotatable bonds is 6. The first-order valence-electron chi connectivity index (χ1n) is 10.1. The summed E-state index contributed by atoms with van der Waals surface area (Å²) < 4.78 is 37.9. The molecule has 2 amide bonds. The quantitative estimate of drug-likeness (QED) is 0.713.